The van der Waals surface area contributed by atoms with Crippen molar-refractivity contribution in [3.05, 3.63) is 87.2 Å². The van der Waals surface area contributed by atoms with E-state index in [1.807, 2.05) is 36.4 Å². The second kappa shape index (κ2) is 9.82. The number of carbonyl (C=O) groups excluding carboxylic acids is 2. The van der Waals surface area contributed by atoms with Gasteiger partial charge in [0.15, 0.2) is 0 Å². The quantitative estimate of drug-likeness (QED) is 0.179. The lowest BCUT2D eigenvalue weighted by molar-refractivity contribution is -0.188. The molecule has 0 unspecified atom stereocenters. The zero-order valence-corrected chi connectivity index (χ0v) is 22.5. The number of nitrogens with zero attached hydrogens (tertiary/aromatic N) is 2. The van der Waals surface area contributed by atoms with Crippen LogP contribution in [0.15, 0.2) is 59.4 Å². The number of anilines is 2. The van der Waals surface area contributed by atoms with Crippen LogP contribution in [0, 0.1) is 0 Å². The van der Waals surface area contributed by atoms with E-state index in [2.05, 4.69) is 17.4 Å². The fourth-order valence-corrected chi connectivity index (χ4v) is 5.91. The molecule has 4 heterocycles. The summed E-state index contributed by atoms with van der Waals surface area (Å²) in [5.74, 6) is -1.31. The molecule has 6 rings (SSSR count). The Morgan fingerprint density at radius 3 is 2.70 bits per heavy atom. The number of carbonyl (C=O) groups is 2. The lowest BCUT2D eigenvalue weighted by atomic mass is 9.85. The third kappa shape index (κ3) is 4.00. The maximum Gasteiger partial charge on any atom is 0.355 e. The van der Waals surface area contributed by atoms with Crippen LogP contribution >= 0.6 is 0 Å². The molecule has 0 fully saturated rings. The van der Waals surface area contributed by atoms with Gasteiger partial charge in [0.25, 0.3) is 5.56 Å². The van der Waals surface area contributed by atoms with Crippen molar-refractivity contribution in [1.82, 2.24) is 9.55 Å². The third-order valence-corrected chi connectivity index (χ3v) is 7.82. The standard InChI is InChI=1S/C31H30N4O5/c1-3-31(40-18(2)36)22-15-25-27-20(16-35(25)29(37)21(22)17-39-30(31)38)28(26-23(32)12-7-13-24(26)34-27)33-14-8-11-19-9-5-4-6-10-19/h4-7,9-10,12-13,15H,3,8,11,14,16-17,32H2,1-2H3,(H,33,34)/t31-/m0/s1. The van der Waals surface area contributed by atoms with Crippen LogP contribution in [0.5, 0.6) is 0 Å². The molecule has 40 heavy (non-hydrogen) atoms. The Morgan fingerprint density at radius 1 is 1.15 bits per heavy atom. The van der Waals surface area contributed by atoms with Gasteiger partial charge < -0.3 is 25.1 Å². The molecule has 204 valence electrons. The Hall–Kier alpha value is -4.66. The summed E-state index contributed by atoms with van der Waals surface area (Å²) < 4.78 is 12.6. The van der Waals surface area contributed by atoms with Crippen LogP contribution in [0.4, 0.5) is 11.4 Å². The van der Waals surface area contributed by atoms with Gasteiger partial charge in [-0.25, -0.2) is 9.78 Å². The smallest absolute Gasteiger partial charge is 0.355 e. The van der Waals surface area contributed by atoms with Gasteiger partial charge in [-0.3, -0.25) is 9.59 Å². The van der Waals surface area contributed by atoms with Crippen molar-refractivity contribution in [1.29, 1.82) is 0 Å². The predicted molar refractivity (Wildman–Crippen MR) is 152 cm³/mol. The molecule has 0 saturated carbocycles. The van der Waals surface area contributed by atoms with Crippen LogP contribution in [0.25, 0.3) is 22.3 Å². The number of benzene rings is 2. The predicted octanol–water partition coefficient (Wildman–Crippen LogP) is 4.28. The first-order valence-corrected chi connectivity index (χ1v) is 13.5. The van der Waals surface area contributed by atoms with E-state index in [9.17, 15) is 14.4 Å². The number of nitrogen functional groups attached to an aromatic ring is 1. The SMILES string of the molecule is CC[C@@]1(OC(C)=O)C(=O)OCc2c1cc1n(c2=O)Cc2c-1nc1cccc(N)c1c2NCCCc1ccccc1. The topological polar surface area (TPSA) is 126 Å². The lowest BCUT2D eigenvalue weighted by Crippen LogP contribution is -2.47. The summed E-state index contributed by atoms with van der Waals surface area (Å²) in [6, 6.07) is 17.7. The van der Waals surface area contributed by atoms with Crippen molar-refractivity contribution in [3.8, 4) is 11.4 Å². The van der Waals surface area contributed by atoms with E-state index in [0.717, 1.165) is 29.5 Å². The molecule has 0 aliphatic carbocycles. The summed E-state index contributed by atoms with van der Waals surface area (Å²) >= 11 is 0. The number of esters is 2. The highest BCUT2D eigenvalue weighted by atomic mass is 16.6. The average Bonchev–Trinajstić information content (AvgIpc) is 3.31. The Morgan fingerprint density at radius 2 is 1.95 bits per heavy atom. The fourth-order valence-electron chi connectivity index (χ4n) is 5.91. The summed E-state index contributed by atoms with van der Waals surface area (Å²) in [5.41, 5.74) is 10.6. The van der Waals surface area contributed by atoms with Gasteiger partial charge in [0.05, 0.1) is 34.7 Å². The van der Waals surface area contributed by atoms with E-state index in [4.69, 9.17) is 20.2 Å². The first-order valence-electron chi connectivity index (χ1n) is 13.5. The average molecular weight is 539 g/mol. The number of aryl methyl sites for hydroxylation is 1. The molecule has 0 saturated heterocycles. The summed E-state index contributed by atoms with van der Waals surface area (Å²) in [5, 5.41) is 4.41. The van der Waals surface area contributed by atoms with E-state index in [-0.39, 0.29) is 25.1 Å². The number of nitrogens with two attached hydrogens (primary N) is 1. The van der Waals surface area contributed by atoms with Crippen molar-refractivity contribution in [2.75, 3.05) is 17.6 Å². The van der Waals surface area contributed by atoms with E-state index in [0.29, 0.717) is 40.3 Å². The van der Waals surface area contributed by atoms with Gasteiger partial charge in [-0.15, -0.1) is 0 Å². The van der Waals surface area contributed by atoms with Crippen LogP contribution in [-0.2, 0) is 44.2 Å². The van der Waals surface area contributed by atoms with Crippen molar-refractivity contribution in [2.45, 2.75) is 51.9 Å². The molecule has 0 radical (unpaired) electrons. The molecule has 9 heteroatoms. The minimum atomic E-state index is -1.68. The van der Waals surface area contributed by atoms with E-state index in [1.54, 1.807) is 17.6 Å². The number of pyridine rings is 2. The zero-order valence-electron chi connectivity index (χ0n) is 22.5. The molecule has 2 aromatic carbocycles. The molecule has 9 nitrogen and oxygen atoms in total. The van der Waals surface area contributed by atoms with Crippen molar-refractivity contribution in [2.24, 2.45) is 0 Å². The summed E-state index contributed by atoms with van der Waals surface area (Å²) in [4.78, 5) is 43.8. The molecule has 0 amide bonds. The highest BCUT2D eigenvalue weighted by Gasteiger charge is 2.50. The normalized spacial score (nSPS) is 17.1. The maximum atomic E-state index is 13.8. The van der Waals surface area contributed by atoms with Crippen molar-refractivity contribution < 1.29 is 19.1 Å². The Balaban J connectivity index is 1.47. The summed E-state index contributed by atoms with van der Waals surface area (Å²) in [6.07, 6.45) is 1.95. The highest BCUT2D eigenvalue weighted by Crippen LogP contribution is 2.44. The number of nitrogens with one attached hydrogen (secondary N) is 1. The maximum absolute atomic E-state index is 13.8. The number of hydrogen-bond donors (Lipinski definition) is 2. The molecule has 1 atom stereocenters. The second-order valence-electron chi connectivity index (χ2n) is 10.2. The molecule has 2 aromatic heterocycles. The number of cyclic esters (lactones) is 1. The molecule has 4 aromatic rings. The van der Waals surface area contributed by atoms with E-state index in [1.165, 1.54) is 12.5 Å². The molecule has 3 N–H and O–H groups in total. The highest BCUT2D eigenvalue weighted by molar-refractivity contribution is 6.04. The number of aromatic nitrogens is 2. The fraction of sp³-hybridized carbons (Fsp3) is 0.290. The van der Waals surface area contributed by atoms with Crippen LogP contribution in [0.1, 0.15) is 48.9 Å². The molecular formula is C31H30N4O5. The van der Waals surface area contributed by atoms with Gasteiger partial charge in [0.2, 0.25) is 5.60 Å². The van der Waals surface area contributed by atoms with Crippen LogP contribution in [0.2, 0.25) is 0 Å². The minimum absolute atomic E-state index is 0.129. The van der Waals surface area contributed by atoms with Gasteiger partial charge >= 0.3 is 11.9 Å². The largest absolute Gasteiger partial charge is 0.457 e. The molecule has 2 aliphatic heterocycles. The molecular weight excluding hydrogens is 508 g/mol. The molecule has 0 bridgehead atoms. The van der Waals surface area contributed by atoms with Gasteiger partial charge in [0, 0.05) is 35.7 Å². The second-order valence-corrected chi connectivity index (χ2v) is 10.2. The van der Waals surface area contributed by atoms with Gasteiger partial charge in [-0.1, -0.05) is 43.3 Å². The number of fused-ring (bicyclic) bond motifs is 5. The van der Waals surface area contributed by atoms with E-state index >= 15 is 0 Å². The van der Waals surface area contributed by atoms with E-state index < -0.39 is 17.5 Å². The Bertz CT molecular complexity index is 1730. The minimum Gasteiger partial charge on any atom is -0.457 e. The monoisotopic (exact) mass is 538 g/mol. The molecule has 0 spiro atoms. The summed E-state index contributed by atoms with van der Waals surface area (Å²) in [6.45, 7) is 3.77. The van der Waals surface area contributed by atoms with Gasteiger partial charge in [-0.05, 0) is 43.0 Å². The third-order valence-electron chi connectivity index (χ3n) is 7.82. The number of hydrogen-bond acceptors (Lipinski definition) is 8. The van der Waals surface area contributed by atoms with Gasteiger partial charge in [-0.2, -0.15) is 0 Å². The number of ether oxygens (including phenoxy) is 2. The van der Waals surface area contributed by atoms with Gasteiger partial charge in [0.1, 0.15) is 6.61 Å². The first kappa shape index (κ1) is 25.6. The molecule has 2 aliphatic rings. The lowest BCUT2D eigenvalue weighted by Gasteiger charge is -2.35. The van der Waals surface area contributed by atoms with Crippen LogP contribution < -0.4 is 16.6 Å². The van der Waals surface area contributed by atoms with Crippen LogP contribution in [-0.4, -0.2) is 28.0 Å². The Kier molecular flexibility index (Phi) is 6.29. The van der Waals surface area contributed by atoms with Crippen molar-refractivity contribution >= 4 is 34.2 Å². The Labute approximate surface area is 230 Å². The van der Waals surface area contributed by atoms with Crippen molar-refractivity contribution in [3.63, 3.8) is 0 Å². The summed E-state index contributed by atoms with van der Waals surface area (Å²) in [7, 11) is 0. The van der Waals surface area contributed by atoms with Crippen LogP contribution in [0.3, 0.4) is 0 Å². The number of rotatable bonds is 7. The zero-order chi connectivity index (χ0) is 28.0. The first-order chi connectivity index (χ1) is 19.3.